The number of allylic oxidation sites excluding steroid dienone is 2. The predicted molar refractivity (Wildman–Crippen MR) is 56.8 cm³/mol. The fourth-order valence-corrected chi connectivity index (χ4v) is 3.81. The van der Waals surface area contributed by atoms with Gasteiger partial charge < -0.3 is 4.74 Å². The second-order valence-corrected chi connectivity index (χ2v) is 4.96. The molecule has 0 radical (unpaired) electrons. The summed E-state index contributed by atoms with van der Waals surface area (Å²) in [7, 11) is 0. The second kappa shape index (κ2) is 3.22. The van der Waals surface area contributed by atoms with E-state index >= 15 is 0 Å². The summed E-state index contributed by atoms with van der Waals surface area (Å²) in [5.41, 5.74) is 0. The minimum absolute atomic E-state index is 0.302. The van der Waals surface area contributed by atoms with Gasteiger partial charge in [0.15, 0.2) is 0 Å². The van der Waals surface area contributed by atoms with Crippen LogP contribution in [0.2, 0.25) is 0 Å². The van der Waals surface area contributed by atoms with Gasteiger partial charge >= 0.3 is 5.97 Å². The number of hydrogen-bond donors (Lipinski definition) is 0. The third kappa shape index (κ3) is 1.27. The van der Waals surface area contributed by atoms with Crippen molar-refractivity contribution in [2.75, 3.05) is 0 Å². The van der Waals surface area contributed by atoms with Crippen LogP contribution in [-0.4, -0.2) is 5.97 Å². The molecule has 3 aliphatic carbocycles. The van der Waals surface area contributed by atoms with Gasteiger partial charge in [-0.2, -0.15) is 0 Å². The molecule has 2 nitrogen and oxygen atoms in total. The molecule has 0 aliphatic heterocycles. The molecule has 3 aliphatic rings. The molecule has 2 heteroatoms. The van der Waals surface area contributed by atoms with Crippen LogP contribution in [0.4, 0.5) is 0 Å². The van der Waals surface area contributed by atoms with Gasteiger partial charge in [-0.05, 0) is 43.1 Å². The summed E-state index contributed by atoms with van der Waals surface area (Å²) in [6.07, 6.45) is 8.73. The van der Waals surface area contributed by atoms with Crippen molar-refractivity contribution in [1.82, 2.24) is 0 Å². The highest BCUT2D eigenvalue weighted by Crippen LogP contribution is 2.58. The Labute approximate surface area is 90.0 Å². The van der Waals surface area contributed by atoms with Crippen molar-refractivity contribution in [3.8, 4) is 0 Å². The van der Waals surface area contributed by atoms with Crippen LogP contribution < -0.4 is 0 Å². The topological polar surface area (TPSA) is 26.3 Å². The van der Waals surface area contributed by atoms with Crippen LogP contribution in [-0.2, 0) is 9.53 Å². The Morgan fingerprint density at radius 3 is 3.07 bits per heavy atom. The largest absolute Gasteiger partial charge is 0.428 e. The highest BCUT2D eigenvalue weighted by molar-refractivity contribution is 5.82. The van der Waals surface area contributed by atoms with Crippen molar-refractivity contribution in [2.24, 2.45) is 23.7 Å². The van der Waals surface area contributed by atoms with Gasteiger partial charge in [0, 0.05) is 12.0 Å². The van der Waals surface area contributed by atoms with Gasteiger partial charge in [-0.3, -0.25) is 0 Å². The summed E-state index contributed by atoms with van der Waals surface area (Å²) in [4.78, 5) is 11.2. The standard InChI is InChI=1S/C13H16O2/c1-2-13(14)15-12-7-8-6-11(12)10-5-3-4-9(8)10/h2,7-11H,1,3-6H2. The molecule has 80 valence electrons. The van der Waals surface area contributed by atoms with Gasteiger partial charge in [0.2, 0.25) is 0 Å². The zero-order chi connectivity index (χ0) is 10.4. The normalized spacial score (nSPS) is 41.2. The van der Waals surface area contributed by atoms with Crippen LogP contribution in [0, 0.1) is 23.7 Å². The second-order valence-electron chi connectivity index (χ2n) is 4.96. The highest BCUT2D eigenvalue weighted by atomic mass is 16.5. The van der Waals surface area contributed by atoms with Crippen LogP contribution >= 0.6 is 0 Å². The van der Waals surface area contributed by atoms with E-state index < -0.39 is 0 Å². The molecule has 0 aromatic carbocycles. The van der Waals surface area contributed by atoms with Gasteiger partial charge in [0.05, 0.1) is 0 Å². The van der Waals surface area contributed by atoms with Crippen molar-refractivity contribution < 1.29 is 9.53 Å². The van der Waals surface area contributed by atoms with Gasteiger partial charge in [-0.1, -0.05) is 13.0 Å². The Morgan fingerprint density at radius 2 is 2.27 bits per heavy atom. The lowest BCUT2D eigenvalue weighted by Crippen LogP contribution is -2.19. The van der Waals surface area contributed by atoms with Crippen molar-refractivity contribution in [1.29, 1.82) is 0 Å². The van der Waals surface area contributed by atoms with E-state index in [1.54, 1.807) is 0 Å². The lowest BCUT2D eigenvalue weighted by Gasteiger charge is -2.24. The van der Waals surface area contributed by atoms with Gasteiger partial charge in [-0.25, -0.2) is 4.79 Å². The van der Waals surface area contributed by atoms with Crippen molar-refractivity contribution in [3.63, 3.8) is 0 Å². The number of carbonyl (C=O) groups is 1. The Balaban J connectivity index is 1.78. The summed E-state index contributed by atoms with van der Waals surface area (Å²) in [5, 5.41) is 0. The van der Waals surface area contributed by atoms with Gasteiger partial charge in [-0.15, -0.1) is 0 Å². The maximum Gasteiger partial charge on any atom is 0.335 e. The Bertz CT molecular complexity index is 342. The zero-order valence-corrected chi connectivity index (χ0v) is 8.82. The van der Waals surface area contributed by atoms with Gasteiger partial charge in [0.1, 0.15) is 5.76 Å². The van der Waals surface area contributed by atoms with E-state index in [-0.39, 0.29) is 5.97 Å². The molecule has 4 unspecified atom stereocenters. The quantitative estimate of drug-likeness (QED) is 0.510. The molecule has 0 aromatic heterocycles. The molecule has 0 spiro atoms. The van der Waals surface area contributed by atoms with Crippen molar-refractivity contribution in [2.45, 2.75) is 25.7 Å². The molecule has 2 bridgehead atoms. The number of hydrogen-bond acceptors (Lipinski definition) is 2. The van der Waals surface area contributed by atoms with E-state index in [9.17, 15) is 4.79 Å². The number of rotatable bonds is 2. The summed E-state index contributed by atoms with van der Waals surface area (Å²) < 4.78 is 5.31. The Hall–Kier alpha value is -1.05. The predicted octanol–water partition coefficient (Wildman–Crippen LogP) is 2.67. The fourth-order valence-electron chi connectivity index (χ4n) is 3.81. The zero-order valence-electron chi connectivity index (χ0n) is 8.82. The van der Waals surface area contributed by atoms with Crippen molar-refractivity contribution in [3.05, 3.63) is 24.5 Å². The lowest BCUT2D eigenvalue weighted by atomic mass is 9.85. The molecule has 2 saturated carbocycles. The average molecular weight is 204 g/mol. The molecule has 3 rings (SSSR count). The van der Waals surface area contributed by atoms with Crippen molar-refractivity contribution >= 4 is 5.97 Å². The molecule has 2 fully saturated rings. The minimum atomic E-state index is -0.302. The van der Waals surface area contributed by atoms with E-state index in [0.29, 0.717) is 11.8 Å². The summed E-state index contributed by atoms with van der Waals surface area (Å²) >= 11 is 0. The molecule has 0 heterocycles. The van der Waals surface area contributed by atoms with E-state index in [0.717, 1.165) is 17.6 Å². The molecular formula is C13H16O2. The van der Waals surface area contributed by atoms with Crippen LogP contribution in [0.25, 0.3) is 0 Å². The molecule has 0 N–H and O–H groups in total. The first-order chi connectivity index (χ1) is 7.29. The van der Waals surface area contributed by atoms with Crippen LogP contribution in [0.1, 0.15) is 25.7 Å². The van der Waals surface area contributed by atoms with E-state index in [1.807, 2.05) is 0 Å². The molecule has 0 saturated heterocycles. The van der Waals surface area contributed by atoms with Crippen LogP contribution in [0.5, 0.6) is 0 Å². The van der Waals surface area contributed by atoms with Crippen LogP contribution in [0.3, 0.4) is 0 Å². The lowest BCUT2D eigenvalue weighted by molar-refractivity contribution is -0.134. The third-order valence-electron chi connectivity index (χ3n) is 4.35. The highest BCUT2D eigenvalue weighted by Gasteiger charge is 2.51. The first kappa shape index (κ1) is 9.20. The number of ether oxygens (including phenoxy) is 1. The Morgan fingerprint density at radius 1 is 1.47 bits per heavy atom. The molecule has 4 atom stereocenters. The average Bonchev–Trinajstić information content (AvgIpc) is 2.87. The van der Waals surface area contributed by atoms with Gasteiger partial charge in [0.25, 0.3) is 0 Å². The smallest absolute Gasteiger partial charge is 0.335 e. The fraction of sp³-hybridized carbons (Fsp3) is 0.615. The third-order valence-corrected chi connectivity index (χ3v) is 4.35. The SMILES string of the molecule is C=CC(=O)OC1=CC2CC1C1CCCC21. The maximum absolute atomic E-state index is 11.2. The number of carbonyl (C=O) groups excluding carboxylic acids is 1. The number of fused-ring (bicyclic) bond motifs is 5. The maximum atomic E-state index is 11.2. The first-order valence-corrected chi connectivity index (χ1v) is 5.85. The van der Waals surface area contributed by atoms with E-state index in [4.69, 9.17) is 4.74 Å². The molecule has 15 heavy (non-hydrogen) atoms. The van der Waals surface area contributed by atoms with E-state index in [1.165, 1.54) is 31.8 Å². The molecule has 0 aromatic rings. The summed E-state index contributed by atoms with van der Waals surface area (Å²) in [6, 6.07) is 0. The number of esters is 1. The van der Waals surface area contributed by atoms with Crippen LogP contribution in [0.15, 0.2) is 24.5 Å². The molecule has 0 amide bonds. The summed E-state index contributed by atoms with van der Waals surface area (Å²) in [6.45, 7) is 3.43. The minimum Gasteiger partial charge on any atom is -0.428 e. The monoisotopic (exact) mass is 204 g/mol. The Kier molecular flexibility index (Phi) is 1.98. The van der Waals surface area contributed by atoms with E-state index in [2.05, 4.69) is 12.7 Å². The summed E-state index contributed by atoms with van der Waals surface area (Å²) in [5.74, 6) is 3.55. The first-order valence-electron chi connectivity index (χ1n) is 5.85. The molecular weight excluding hydrogens is 188 g/mol.